The average molecular weight is 494 g/mol. The molecule has 5 nitrogen and oxygen atoms in total. The Balaban J connectivity index is 1.59. The third-order valence-corrected chi connectivity index (χ3v) is 5.76. The van der Waals surface area contributed by atoms with E-state index in [1.54, 1.807) is 0 Å². The van der Waals surface area contributed by atoms with E-state index >= 15 is 0 Å². The summed E-state index contributed by atoms with van der Waals surface area (Å²) in [5, 5.41) is 0. The van der Waals surface area contributed by atoms with Crippen molar-refractivity contribution in [1.29, 1.82) is 0 Å². The Labute approximate surface area is 195 Å². The minimum atomic E-state index is -2.34. The van der Waals surface area contributed by atoms with Crippen molar-refractivity contribution in [2.45, 2.75) is 70.6 Å². The van der Waals surface area contributed by atoms with Crippen molar-refractivity contribution < 1.29 is 45.8 Å². The zero-order valence-electron chi connectivity index (χ0n) is 19.1. The van der Waals surface area contributed by atoms with Gasteiger partial charge >= 0.3 is 5.97 Å². The van der Waals surface area contributed by atoms with Gasteiger partial charge < -0.3 is 14.2 Å². The molecule has 0 aliphatic heterocycles. The molecule has 34 heavy (non-hydrogen) atoms. The number of carbonyl (C=O) groups excluding carboxylic acids is 2. The molecule has 0 spiro atoms. The lowest BCUT2D eigenvalue weighted by atomic mass is 9.88. The Hall–Kier alpha value is -2.07. The van der Waals surface area contributed by atoms with Gasteiger partial charge in [0.05, 0.1) is 32.8 Å². The predicted octanol–water partition coefficient (Wildman–Crippen LogP) is 5.81. The molecule has 0 saturated heterocycles. The molecule has 0 aromatic heterocycles. The molecule has 0 N–H and O–H groups in total. The molecule has 1 saturated carbocycles. The molecular formula is C24H31F5O5. The summed E-state index contributed by atoms with van der Waals surface area (Å²) in [6, 6.07) is 0. The Bertz CT molecular complexity index is 778. The van der Waals surface area contributed by atoms with Gasteiger partial charge in [-0.3, -0.25) is 9.59 Å². The molecule has 0 heterocycles. The molecule has 10 heteroatoms. The second-order valence-electron chi connectivity index (χ2n) is 8.31. The van der Waals surface area contributed by atoms with Crippen molar-refractivity contribution in [1.82, 2.24) is 0 Å². The lowest BCUT2D eigenvalue weighted by molar-refractivity contribution is -0.136. The highest BCUT2D eigenvalue weighted by Gasteiger charge is 2.28. The van der Waals surface area contributed by atoms with E-state index in [4.69, 9.17) is 9.47 Å². The van der Waals surface area contributed by atoms with Gasteiger partial charge in [-0.2, -0.15) is 8.78 Å². The summed E-state index contributed by atoms with van der Waals surface area (Å²) < 4.78 is 81.0. The minimum absolute atomic E-state index is 0.0907. The number of rotatable bonds is 11. The molecule has 0 radical (unpaired) electrons. The van der Waals surface area contributed by atoms with Gasteiger partial charge in [-0.1, -0.05) is 44.9 Å². The van der Waals surface area contributed by atoms with Crippen LogP contribution in [-0.4, -0.2) is 38.2 Å². The molecule has 1 aromatic carbocycles. The molecular weight excluding hydrogens is 463 g/mol. The quantitative estimate of drug-likeness (QED) is 0.0970. The van der Waals surface area contributed by atoms with Gasteiger partial charge in [0.15, 0.2) is 0 Å². The molecule has 1 aromatic rings. The van der Waals surface area contributed by atoms with E-state index in [2.05, 4.69) is 4.74 Å². The maximum absolute atomic E-state index is 13.5. The predicted molar refractivity (Wildman–Crippen MR) is 113 cm³/mol. The van der Waals surface area contributed by atoms with E-state index < -0.39 is 47.2 Å². The number of benzene rings is 1. The first-order chi connectivity index (χ1) is 16.3. The van der Waals surface area contributed by atoms with Gasteiger partial charge in [-0.15, -0.1) is 0 Å². The normalized spacial score (nSPS) is 15.8. The second kappa shape index (κ2) is 15.0. The molecule has 192 valence electrons. The monoisotopic (exact) mass is 494 g/mol. The molecule has 1 fully saturated rings. The van der Waals surface area contributed by atoms with Crippen LogP contribution in [0.1, 0.15) is 70.6 Å². The summed E-state index contributed by atoms with van der Waals surface area (Å²) in [4.78, 5) is 24.1. The van der Waals surface area contributed by atoms with Gasteiger partial charge in [-0.25, -0.2) is 13.2 Å². The van der Waals surface area contributed by atoms with Gasteiger partial charge in [0.1, 0.15) is 5.78 Å². The fourth-order valence-electron chi connectivity index (χ4n) is 3.83. The number of Topliss-reactive ketones (excluding diaryl/α,β-unsaturated/α-hetero) is 1. The highest BCUT2D eigenvalue weighted by molar-refractivity contribution is 5.81. The average Bonchev–Trinajstić information content (AvgIpc) is 2.84. The van der Waals surface area contributed by atoms with Crippen LogP contribution in [0.15, 0.2) is 0 Å². The third kappa shape index (κ3) is 8.94. The fourth-order valence-corrected chi connectivity index (χ4v) is 3.83. The number of hydrogen-bond acceptors (Lipinski definition) is 5. The van der Waals surface area contributed by atoms with Crippen molar-refractivity contribution >= 4 is 11.8 Å². The third-order valence-electron chi connectivity index (χ3n) is 5.76. The van der Waals surface area contributed by atoms with Gasteiger partial charge in [0, 0.05) is 12.3 Å². The van der Waals surface area contributed by atoms with E-state index in [-0.39, 0.29) is 38.1 Å². The first-order valence-corrected chi connectivity index (χ1v) is 11.7. The van der Waals surface area contributed by atoms with Crippen molar-refractivity contribution in [3.05, 3.63) is 29.1 Å². The minimum Gasteiger partial charge on any atom is -0.420 e. The number of carbonyl (C=O) groups is 2. The molecule has 1 aliphatic rings. The Morgan fingerprint density at radius 2 is 1.06 bits per heavy atom. The largest absolute Gasteiger partial charge is 0.420 e. The summed E-state index contributed by atoms with van der Waals surface area (Å²) in [6.45, 7) is 0.317. The van der Waals surface area contributed by atoms with Gasteiger partial charge in [-0.05, 0) is 12.8 Å². The van der Waals surface area contributed by atoms with E-state index in [1.807, 2.05) is 0 Å². The summed E-state index contributed by atoms with van der Waals surface area (Å²) in [7, 11) is 0. The van der Waals surface area contributed by atoms with Crippen molar-refractivity contribution in [2.75, 3.05) is 26.4 Å². The van der Waals surface area contributed by atoms with Crippen LogP contribution >= 0.6 is 0 Å². The summed E-state index contributed by atoms with van der Waals surface area (Å²) in [5.74, 6) is -13.7. The van der Waals surface area contributed by atoms with Crippen LogP contribution in [0.4, 0.5) is 22.0 Å². The number of ether oxygens (including phenoxy) is 3. The number of hydrogen-bond donors (Lipinski definition) is 0. The summed E-state index contributed by atoms with van der Waals surface area (Å²) in [5.41, 5.74) is 0. The number of ketones is 1. The van der Waals surface area contributed by atoms with E-state index in [0.717, 1.165) is 25.7 Å². The summed E-state index contributed by atoms with van der Waals surface area (Å²) in [6.07, 6.45) is 9.98. The lowest BCUT2D eigenvalue weighted by Crippen LogP contribution is -2.18. The standard InChI is InChI=1S/C24H31F5O5/c25-19-20(26)22(28)24(23(29)21(19)27)34-18(31)11-13-33-15-14-32-12-10-17(30)16-8-6-4-2-1-3-5-7-9-16/h16H,1-15H2. The molecule has 0 amide bonds. The molecule has 0 bridgehead atoms. The smallest absolute Gasteiger partial charge is 0.313 e. The van der Waals surface area contributed by atoms with E-state index in [9.17, 15) is 31.5 Å². The van der Waals surface area contributed by atoms with Crippen LogP contribution < -0.4 is 4.74 Å². The second-order valence-corrected chi connectivity index (χ2v) is 8.31. The topological polar surface area (TPSA) is 61.8 Å². The fraction of sp³-hybridized carbons (Fsp3) is 0.667. The molecule has 0 unspecified atom stereocenters. The SMILES string of the molecule is O=C(CCOCCOCCC(=O)C1CCCCCCCCC1)Oc1c(F)c(F)c(F)c(F)c1F. The van der Waals surface area contributed by atoms with Crippen molar-refractivity contribution in [3.8, 4) is 5.75 Å². The van der Waals surface area contributed by atoms with E-state index in [1.165, 1.54) is 32.1 Å². The van der Waals surface area contributed by atoms with Crippen LogP contribution in [0.2, 0.25) is 0 Å². The van der Waals surface area contributed by atoms with Crippen LogP contribution in [-0.2, 0) is 19.1 Å². The van der Waals surface area contributed by atoms with Crippen LogP contribution in [0.5, 0.6) is 5.75 Å². The van der Waals surface area contributed by atoms with Crippen molar-refractivity contribution in [2.24, 2.45) is 5.92 Å². The number of halogens is 5. The maximum atomic E-state index is 13.5. The highest BCUT2D eigenvalue weighted by atomic mass is 19.2. The lowest BCUT2D eigenvalue weighted by Gasteiger charge is -2.17. The first kappa shape index (κ1) is 28.2. The molecule has 1 aliphatic carbocycles. The van der Waals surface area contributed by atoms with Gasteiger partial charge in [0.2, 0.25) is 34.8 Å². The first-order valence-electron chi connectivity index (χ1n) is 11.7. The summed E-state index contributed by atoms with van der Waals surface area (Å²) >= 11 is 0. The molecule has 0 atom stereocenters. The Morgan fingerprint density at radius 3 is 1.59 bits per heavy atom. The molecule has 2 rings (SSSR count). The number of esters is 1. The van der Waals surface area contributed by atoms with E-state index in [0.29, 0.717) is 6.42 Å². The van der Waals surface area contributed by atoms with Crippen LogP contribution in [0.3, 0.4) is 0 Å². The zero-order chi connectivity index (χ0) is 24.9. The Kier molecular flexibility index (Phi) is 12.5. The Morgan fingerprint density at radius 1 is 0.618 bits per heavy atom. The van der Waals surface area contributed by atoms with Crippen LogP contribution in [0.25, 0.3) is 0 Å². The van der Waals surface area contributed by atoms with Crippen molar-refractivity contribution in [3.63, 3.8) is 0 Å². The van der Waals surface area contributed by atoms with Gasteiger partial charge in [0.25, 0.3) is 0 Å². The zero-order valence-corrected chi connectivity index (χ0v) is 19.1. The van der Waals surface area contributed by atoms with Crippen LogP contribution in [0, 0.1) is 35.0 Å². The highest BCUT2D eigenvalue weighted by Crippen LogP contribution is 2.29. The maximum Gasteiger partial charge on any atom is 0.313 e.